The first-order chi connectivity index (χ1) is 11.7. The molecule has 2 aromatic carbocycles. The van der Waals surface area contributed by atoms with Crippen LogP contribution in [0.5, 0.6) is 0 Å². The number of carboxylic acids is 1. The van der Waals surface area contributed by atoms with Crippen LogP contribution in [0.15, 0.2) is 48.5 Å². The summed E-state index contributed by atoms with van der Waals surface area (Å²) in [5, 5.41) is 12.9. The molecule has 0 amide bonds. The fourth-order valence-electron chi connectivity index (χ4n) is 5.60. The Balaban J connectivity index is 1.58. The number of aromatic carboxylic acids is 1. The molecule has 0 saturated heterocycles. The number of hydrogen-bond acceptors (Lipinski definition) is 2. The lowest BCUT2D eigenvalue weighted by Gasteiger charge is -2.43. The summed E-state index contributed by atoms with van der Waals surface area (Å²) in [7, 11) is 0. The van der Waals surface area contributed by atoms with E-state index in [0.29, 0.717) is 23.4 Å². The highest BCUT2D eigenvalue weighted by atomic mass is 16.4. The number of fused-ring (bicyclic) bond motifs is 7. The number of para-hydroxylation sites is 1. The normalized spacial score (nSPS) is 32.8. The van der Waals surface area contributed by atoms with Crippen molar-refractivity contribution >= 4 is 11.7 Å². The van der Waals surface area contributed by atoms with Crippen molar-refractivity contribution in [3.63, 3.8) is 0 Å². The van der Waals surface area contributed by atoms with Crippen LogP contribution in [-0.2, 0) is 0 Å². The topological polar surface area (TPSA) is 49.3 Å². The van der Waals surface area contributed by atoms with Crippen LogP contribution in [0.2, 0.25) is 0 Å². The van der Waals surface area contributed by atoms with Gasteiger partial charge in [0.2, 0.25) is 0 Å². The maximum atomic E-state index is 11.1. The Hall–Kier alpha value is -2.29. The molecule has 5 atom stereocenters. The van der Waals surface area contributed by atoms with E-state index in [2.05, 4.69) is 29.6 Å². The molecule has 1 heterocycles. The molecule has 2 fully saturated rings. The molecule has 2 bridgehead atoms. The maximum Gasteiger partial charge on any atom is 0.335 e. The molecule has 122 valence electrons. The highest BCUT2D eigenvalue weighted by Crippen LogP contribution is 2.63. The van der Waals surface area contributed by atoms with Crippen LogP contribution in [0.25, 0.3) is 0 Å². The van der Waals surface area contributed by atoms with Gasteiger partial charge in [-0.3, -0.25) is 0 Å². The molecule has 3 nitrogen and oxygen atoms in total. The minimum Gasteiger partial charge on any atom is -0.478 e. The van der Waals surface area contributed by atoms with Gasteiger partial charge in [-0.1, -0.05) is 30.3 Å². The summed E-state index contributed by atoms with van der Waals surface area (Å²) in [4.78, 5) is 11.1. The fourth-order valence-corrected chi connectivity index (χ4v) is 5.60. The average Bonchev–Trinajstić information content (AvgIpc) is 3.23. The Morgan fingerprint density at radius 2 is 1.75 bits per heavy atom. The summed E-state index contributed by atoms with van der Waals surface area (Å²) in [6, 6.07) is 16.5. The quantitative estimate of drug-likeness (QED) is 0.845. The third kappa shape index (κ3) is 1.94. The van der Waals surface area contributed by atoms with E-state index < -0.39 is 5.97 Å². The summed E-state index contributed by atoms with van der Waals surface area (Å²) in [5.41, 5.74) is 4.34. The van der Waals surface area contributed by atoms with Crippen LogP contribution < -0.4 is 5.32 Å². The van der Waals surface area contributed by atoms with Crippen LogP contribution in [0.1, 0.15) is 52.7 Å². The Morgan fingerprint density at radius 1 is 1.00 bits per heavy atom. The lowest BCUT2D eigenvalue weighted by molar-refractivity contribution is 0.0697. The van der Waals surface area contributed by atoms with Gasteiger partial charge in [0.1, 0.15) is 0 Å². The molecule has 1 aliphatic heterocycles. The standard InChI is InChI=1S/C21H21NO2/c23-21(24)13-7-5-12(6-8-13)20-19-15-10-9-14(11-15)18(19)16-3-1-2-4-17(16)22-20/h1-8,14-15,18-20,22H,9-11H2,(H,23,24). The summed E-state index contributed by atoms with van der Waals surface area (Å²) in [6.07, 6.45) is 4.07. The monoisotopic (exact) mass is 319 g/mol. The second-order valence-electron chi connectivity index (χ2n) is 7.57. The molecule has 2 aromatic rings. The van der Waals surface area contributed by atoms with Gasteiger partial charge in [0.05, 0.1) is 11.6 Å². The molecule has 0 aromatic heterocycles. The van der Waals surface area contributed by atoms with Gasteiger partial charge in [0.25, 0.3) is 0 Å². The Morgan fingerprint density at radius 3 is 2.54 bits per heavy atom. The van der Waals surface area contributed by atoms with Gasteiger partial charge < -0.3 is 10.4 Å². The zero-order valence-electron chi connectivity index (χ0n) is 13.5. The first kappa shape index (κ1) is 14.1. The second-order valence-corrected chi connectivity index (χ2v) is 7.57. The molecular formula is C21H21NO2. The molecule has 3 aliphatic rings. The highest BCUT2D eigenvalue weighted by Gasteiger charge is 2.53. The number of nitrogens with one attached hydrogen (secondary N) is 1. The average molecular weight is 319 g/mol. The minimum absolute atomic E-state index is 0.294. The predicted molar refractivity (Wildman–Crippen MR) is 93.3 cm³/mol. The summed E-state index contributed by atoms with van der Waals surface area (Å²) < 4.78 is 0. The highest BCUT2D eigenvalue weighted by molar-refractivity contribution is 5.87. The number of benzene rings is 2. The summed E-state index contributed by atoms with van der Waals surface area (Å²) in [6.45, 7) is 0. The lowest BCUT2D eigenvalue weighted by atomic mass is 9.68. The molecule has 3 heteroatoms. The van der Waals surface area contributed by atoms with Crippen molar-refractivity contribution in [2.75, 3.05) is 5.32 Å². The van der Waals surface area contributed by atoms with Crippen molar-refractivity contribution in [1.82, 2.24) is 0 Å². The van der Waals surface area contributed by atoms with Crippen molar-refractivity contribution in [2.24, 2.45) is 17.8 Å². The smallest absolute Gasteiger partial charge is 0.335 e. The Bertz CT molecular complexity index is 798. The van der Waals surface area contributed by atoms with E-state index in [1.54, 1.807) is 12.1 Å². The van der Waals surface area contributed by atoms with Crippen molar-refractivity contribution in [3.05, 3.63) is 65.2 Å². The number of anilines is 1. The number of hydrogen-bond donors (Lipinski definition) is 2. The lowest BCUT2D eigenvalue weighted by Crippen LogP contribution is -2.35. The van der Waals surface area contributed by atoms with Gasteiger partial charge in [-0.25, -0.2) is 4.79 Å². The van der Waals surface area contributed by atoms with Crippen LogP contribution in [0.3, 0.4) is 0 Å². The molecule has 2 N–H and O–H groups in total. The third-order valence-electron chi connectivity index (χ3n) is 6.51. The van der Waals surface area contributed by atoms with E-state index in [0.717, 1.165) is 11.8 Å². The van der Waals surface area contributed by atoms with Gasteiger partial charge in [-0.05, 0) is 72.3 Å². The first-order valence-corrected chi connectivity index (χ1v) is 8.91. The van der Waals surface area contributed by atoms with Crippen LogP contribution in [0, 0.1) is 17.8 Å². The van der Waals surface area contributed by atoms with Gasteiger partial charge in [0, 0.05) is 5.69 Å². The number of rotatable bonds is 2. The van der Waals surface area contributed by atoms with Gasteiger partial charge in [-0.15, -0.1) is 0 Å². The zero-order chi connectivity index (χ0) is 16.3. The predicted octanol–water partition coefficient (Wildman–Crippen LogP) is 4.68. The molecule has 0 radical (unpaired) electrons. The van der Waals surface area contributed by atoms with Crippen molar-refractivity contribution in [2.45, 2.75) is 31.2 Å². The second kappa shape index (κ2) is 5.10. The molecule has 24 heavy (non-hydrogen) atoms. The number of carbonyl (C=O) groups is 1. The van der Waals surface area contributed by atoms with Gasteiger partial charge >= 0.3 is 5.97 Å². The molecule has 2 saturated carbocycles. The Kier molecular flexibility index (Phi) is 2.99. The zero-order valence-corrected chi connectivity index (χ0v) is 13.5. The Labute approximate surface area is 141 Å². The van der Waals surface area contributed by atoms with E-state index in [1.165, 1.54) is 36.1 Å². The van der Waals surface area contributed by atoms with Crippen LogP contribution in [-0.4, -0.2) is 11.1 Å². The van der Waals surface area contributed by atoms with E-state index in [9.17, 15) is 4.79 Å². The SMILES string of the molecule is O=C(O)c1ccc(C2Nc3ccccc3C3C4CCC(C4)C23)cc1. The van der Waals surface area contributed by atoms with Gasteiger partial charge in [-0.2, -0.15) is 0 Å². The van der Waals surface area contributed by atoms with Crippen molar-refractivity contribution in [1.29, 1.82) is 0 Å². The van der Waals surface area contributed by atoms with E-state index in [1.807, 2.05) is 12.1 Å². The summed E-state index contributed by atoms with van der Waals surface area (Å²) >= 11 is 0. The van der Waals surface area contributed by atoms with E-state index in [4.69, 9.17) is 5.11 Å². The molecule has 5 rings (SSSR count). The fraction of sp³-hybridized carbons (Fsp3) is 0.381. The number of carboxylic acid groups (broad SMARTS) is 1. The first-order valence-electron chi connectivity index (χ1n) is 8.91. The van der Waals surface area contributed by atoms with E-state index in [-0.39, 0.29) is 0 Å². The van der Waals surface area contributed by atoms with Crippen molar-refractivity contribution in [3.8, 4) is 0 Å². The largest absolute Gasteiger partial charge is 0.478 e. The molecule has 2 aliphatic carbocycles. The third-order valence-corrected chi connectivity index (χ3v) is 6.51. The summed E-state index contributed by atoms with van der Waals surface area (Å²) in [5.74, 6) is 2.05. The molecule has 5 unspecified atom stereocenters. The van der Waals surface area contributed by atoms with Crippen molar-refractivity contribution < 1.29 is 9.90 Å². The van der Waals surface area contributed by atoms with Gasteiger partial charge in [0.15, 0.2) is 0 Å². The minimum atomic E-state index is -0.860. The van der Waals surface area contributed by atoms with Crippen LogP contribution >= 0.6 is 0 Å². The maximum absolute atomic E-state index is 11.1. The van der Waals surface area contributed by atoms with E-state index >= 15 is 0 Å². The van der Waals surface area contributed by atoms with Crippen LogP contribution in [0.4, 0.5) is 5.69 Å². The molecule has 0 spiro atoms. The molecular weight excluding hydrogens is 298 g/mol.